The number of hydrogen-bond acceptors (Lipinski definition) is 5. The van der Waals surface area contributed by atoms with Crippen LogP contribution in [-0.2, 0) is 21.2 Å². The lowest BCUT2D eigenvalue weighted by atomic mass is 9.81. The number of rotatable bonds is 10. The standard InChI is InChI=1S/C33H37Cl2F2N4O3S2/c1-33(2,21-7-12-27(34)30(15-21)44-6)31-18-38-32(40(31)23-10-8-22(36)9-11-23)45-20-26-28(35)16-25(17-29(26)37)46(42,43)39-14-13-24(19-39)41(3,4)5/h7-12,15-18,24H,13-14,19-20H2,1-6H3/q+1/t24-/m1/s1. The van der Waals surface area contributed by atoms with E-state index in [4.69, 9.17) is 27.9 Å². The molecular weight excluding hydrogens is 673 g/mol. The summed E-state index contributed by atoms with van der Waals surface area (Å²) in [6.45, 7) is 4.78. The molecule has 1 saturated heterocycles. The maximum Gasteiger partial charge on any atom is 0.243 e. The molecule has 0 spiro atoms. The number of methoxy groups -OCH3 is 1. The van der Waals surface area contributed by atoms with Gasteiger partial charge in [-0.3, -0.25) is 4.57 Å². The summed E-state index contributed by atoms with van der Waals surface area (Å²) in [6.07, 6.45) is 2.46. The van der Waals surface area contributed by atoms with E-state index in [0.29, 0.717) is 39.2 Å². The maximum atomic E-state index is 15.6. The number of aromatic nitrogens is 2. The molecule has 1 aliphatic rings. The van der Waals surface area contributed by atoms with Crippen molar-refractivity contribution in [2.24, 2.45) is 0 Å². The van der Waals surface area contributed by atoms with Gasteiger partial charge in [0.25, 0.3) is 0 Å². The van der Waals surface area contributed by atoms with Gasteiger partial charge < -0.3 is 9.22 Å². The molecular formula is C33H37Cl2F2N4O3S2+. The van der Waals surface area contributed by atoms with Crippen molar-refractivity contribution in [2.45, 2.75) is 47.5 Å². The third-order valence-corrected chi connectivity index (χ3v) is 12.1. The van der Waals surface area contributed by atoms with Crippen molar-refractivity contribution in [3.63, 3.8) is 0 Å². The van der Waals surface area contributed by atoms with Gasteiger partial charge in [-0.2, -0.15) is 4.31 Å². The summed E-state index contributed by atoms with van der Waals surface area (Å²) in [4.78, 5) is 4.52. The number of likely N-dealkylation sites (N-methyl/N-ethyl adjacent to an activating group) is 1. The Bertz CT molecular complexity index is 1840. The van der Waals surface area contributed by atoms with Crippen LogP contribution in [0.15, 0.2) is 70.8 Å². The number of imidazole rings is 1. The van der Waals surface area contributed by atoms with Crippen LogP contribution in [0, 0.1) is 11.6 Å². The van der Waals surface area contributed by atoms with E-state index in [-0.39, 0.29) is 33.1 Å². The number of quaternary nitrogens is 1. The molecule has 13 heteroatoms. The number of sulfonamides is 1. The van der Waals surface area contributed by atoms with Gasteiger partial charge in [-0.15, -0.1) is 0 Å². The fourth-order valence-corrected chi connectivity index (χ4v) is 8.80. The molecule has 0 amide bonds. The van der Waals surface area contributed by atoms with Crippen LogP contribution < -0.4 is 4.74 Å². The van der Waals surface area contributed by atoms with E-state index in [0.717, 1.165) is 23.7 Å². The fourth-order valence-electron chi connectivity index (χ4n) is 5.63. The molecule has 1 aliphatic heterocycles. The van der Waals surface area contributed by atoms with E-state index in [1.165, 1.54) is 34.3 Å². The van der Waals surface area contributed by atoms with Crippen molar-refractivity contribution in [3.8, 4) is 11.4 Å². The summed E-state index contributed by atoms with van der Waals surface area (Å²) in [5.74, 6) is -0.490. The Morgan fingerprint density at radius 1 is 1.04 bits per heavy atom. The predicted octanol–water partition coefficient (Wildman–Crippen LogP) is 7.55. The van der Waals surface area contributed by atoms with Crippen molar-refractivity contribution >= 4 is 45.0 Å². The zero-order valence-corrected chi connectivity index (χ0v) is 29.7. The van der Waals surface area contributed by atoms with Crippen LogP contribution in [0.3, 0.4) is 0 Å². The number of benzene rings is 3. The van der Waals surface area contributed by atoms with E-state index in [2.05, 4.69) is 4.98 Å². The first-order chi connectivity index (χ1) is 21.5. The molecule has 7 nitrogen and oxygen atoms in total. The Balaban J connectivity index is 1.46. The maximum absolute atomic E-state index is 15.6. The van der Waals surface area contributed by atoms with E-state index in [1.807, 2.05) is 51.7 Å². The zero-order chi connectivity index (χ0) is 33.6. The minimum Gasteiger partial charge on any atom is -0.495 e. The first-order valence-electron chi connectivity index (χ1n) is 14.6. The Morgan fingerprint density at radius 2 is 1.74 bits per heavy atom. The predicted molar refractivity (Wildman–Crippen MR) is 180 cm³/mol. The van der Waals surface area contributed by atoms with Crippen LogP contribution in [0.25, 0.3) is 5.69 Å². The lowest BCUT2D eigenvalue weighted by Crippen LogP contribution is -2.47. The van der Waals surface area contributed by atoms with Gasteiger partial charge in [-0.25, -0.2) is 22.2 Å². The third kappa shape index (κ3) is 6.81. The summed E-state index contributed by atoms with van der Waals surface area (Å²) < 4.78 is 65.8. The highest BCUT2D eigenvalue weighted by atomic mass is 35.5. The molecule has 1 fully saturated rings. The summed E-state index contributed by atoms with van der Waals surface area (Å²) in [7, 11) is 3.72. The number of thioether (sulfide) groups is 1. The number of ether oxygens (including phenoxy) is 1. The van der Waals surface area contributed by atoms with Gasteiger partial charge in [0.15, 0.2) is 5.16 Å². The van der Waals surface area contributed by atoms with Gasteiger partial charge in [0.05, 0.1) is 56.6 Å². The molecule has 0 N–H and O–H groups in total. The van der Waals surface area contributed by atoms with Gasteiger partial charge in [0.1, 0.15) is 23.4 Å². The second kappa shape index (κ2) is 13.1. The second-order valence-corrected chi connectivity index (χ2v) is 16.5. The van der Waals surface area contributed by atoms with Gasteiger partial charge >= 0.3 is 0 Å². The molecule has 1 atom stereocenters. The molecule has 0 saturated carbocycles. The van der Waals surface area contributed by atoms with Crippen molar-refractivity contribution in [3.05, 3.63) is 99.3 Å². The third-order valence-electron chi connectivity index (χ3n) is 8.65. The molecule has 0 unspecified atom stereocenters. The lowest BCUT2D eigenvalue weighted by molar-refractivity contribution is -0.893. The normalized spacial score (nSPS) is 16.3. The second-order valence-electron chi connectivity index (χ2n) is 12.8. The number of halogens is 4. The van der Waals surface area contributed by atoms with Crippen LogP contribution in [-0.4, -0.2) is 74.1 Å². The van der Waals surface area contributed by atoms with E-state index >= 15 is 4.39 Å². The van der Waals surface area contributed by atoms with Crippen molar-refractivity contribution in [1.82, 2.24) is 13.9 Å². The molecule has 46 heavy (non-hydrogen) atoms. The fraction of sp³-hybridized carbons (Fsp3) is 0.364. The Labute approximate surface area is 283 Å². The smallest absolute Gasteiger partial charge is 0.243 e. The molecule has 3 aromatic carbocycles. The van der Waals surface area contributed by atoms with Crippen molar-refractivity contribution < 1.29 is 26.4 Å². The van der Waals surface area contributed by atoms with Crippen LogP contribution in [0.4, 0.5) is 8.78 Å². The largest absolute Gasteiger partial charge is 0.495 e. The Kier molecular flexibility index (Phi) is 9.86. The van der Waals surface area contributed by atoms with E-state index < -0.39 is 21.3 Å². The highest BCUT2D eigenvalue weighted by molar-refractivity contribution is 7.98. The average molecular weight is 711 g/mol. The van der Waals surface area contributed by atoms with E-state index in [1.54, 1.807) is 31.5 Å². The highest BCUT2D eigenvalue weighted by Crippen LogP contribution is 2.40. The quantitative estimate of drug-likeness (QED) is 0.126. The van der Waals surface area contributed by atoms with Crippen LogP contribution >= 0.6 is 35.0 Å². The van der Waals surface area contributed by atoms with Crippen molar-refractivity contribution in [2.75, 3.05) is 41.3 Å². The Morgan fingerprint density at radius 3 is 2.35 bits per heavy atom. The Hall–Kier alpha value is -2.67. The SMILES string of the molecule is COc1cc(C(C)(C)c2cnc(SCc3c(F)cc(S(=O)(=O)N4CC[C@@H]([N+](C)(C)C)C4)cc3Cl)n2-c2ccc(F)cc2)ccc1Cl. The topological polar surface area (TPSA) is 64.4 Å². The molecule has 0 bridgehead atoms. The van der Waals surface area contributed by atoms with Crippen LogP contribution in [0.5, 0.6) is 5.75 Å². The summed E-state index contributed by atoms with van der Waals surface area (Å²) in [5.41, 5.74) is 1.91. The molecule has 0 aliphatic carbocycles. The number of nitrogens with zero attached hydrogens (tertiary/aromatic N) is 4. The van der Waals surface area contributed by atoms with Gasteiger partial charge in [-0.1, -0.05) is 54.9 Å². The first-order valence-corrected chi connectivity index (χ1v) is 17.8. The average Bonchev–Trinajstić information content (AvgIpc) is 3.66. The summed E-state index contributed by atoms with van der Waals surface area (Å²) in [6, 6.07) is 14.1. The number of hydrogen-bond donors (Lipinski definition) is 0. The highest BCUT2D eigenvalue weighted by Gasteiger charge is 2.39. The molecule has 0 radical (unpaired) electrons. The zero-order valence-electron chi connectivity index (χ0n) is 26.5. The molecule has 1 aromatic heterocycles. The van der Waals surface area contributed by atoms with Gasteiger partial charge in [0.2, 0.25) is 10.0 Å². The molecule has 2 heterocycles. The van der Waals surface area contributed by atoms with Gasteiger partial charge in [0, 0.05) is 40.4 Å². The minimum absolute atomic E-state index is 0.0159. The summed E-state index contributed by atoms with van der Waals surface area (Å²) >= 11 is 14.1. The van der Waals surface area contributed by atoms with Gasteiger partial charge in [-0.05, 0) is 54.1 Å². The molecule has 246 valence electrons. The summed E-state index contributed by atoms with van der Waals surface area (Å²) in [5, 5.41) is 1.02. The monoisotopic (exact) mass is 709 g/mol. The van der Waals surface area contributed by atoms with Crippen LogP contribution in [0.1, 0.15) is 37.1 Å². The molecule has 4 aromatic rings. The molecule has 5 rings (SSSR count). The van der Waals surface area contributed by atoms with Crippen molar-refractivity contribution in [1.29, 1.82) is 0 Å². The van der Waals surface area contributed by atoms with E-state index in [9.17, 15) is 12.8 Å². The lowest BCUT2D eigenvalue weighted by Gasteiger charge is -2.31. The minimum atomic E-state index is -3.93. The van der Waals surface area contributed by atoms with Crippen LogP contribution in [0.2, 0.25) is 10.0 Å². The first kappa shape index (κ1) is 34.7.